The van der Waals surface area contributed by atoms with Crippen LogP contribution in [0.15, 0.2) is 71.6 Å². The van der Waals surface area contributed by atoms with Gasteiger partial charge in [0.05, 0.1) is 31.3 Å². The number of carbonyl (C=O) groups excluding carboxylic acids is 1. The molecule has 1 unspecified atom stereocenters. The van der Waals surface area contributed by atoms with E-state index < -0.39 is 10.9 Å². The van der Waals surface area contributed by atoms with Gasteiger partial charge in [0.2, 0.25) is 0 Å². The predicted octanol–water partition coefficient (Wildman–Crippen LogP) is 5.94. The minimum atomic E-state index is -0.449. The number of unbranched alkanes of at least 4 members (excludes halogenated alkanes) is 1. The molecule has 0 bridgehead atoms. The van der Waals surface area contributed by atoms with Crippen molar-refractivity contribution in [2.24, 2.45) is 0 Å². The highest BCUT2D eigenvalue weighted by molar-refractivity contribution is 5.92. The molecule has 2 aromatic carbocycles. The molecule has 0 aromatic heterocycles. The highest BCUT2D eigenvalue weighted by Crippen LogP contribution is 2.34. The SMILES string of the molecule is CCCCN1CCN(CCCOc2ccccc2OC)CC1.COC(=O)C1=C(C)NC(C)=CC1c1cccc([N+](=O)[O-])c1.Cl. The summed E-state index contributed by atoms with van der Waals surface area (Å²) in [5, 5.41) is 14.0. The van der Waals surface area contributed by atoms with Crippen molar-refractivity contribution in [3.8, 4) is 11.5 Å². The summed E-state index contributed by atoms with van der Waals surface area (Å²) in [5.74, 6) is 0.847. The van der Waals surface area contributed by atoms with E-state index in [1.807, 2.05) is 37.3 Å². The lowest BCUT2D eigenvalue weighted by Crippen LogP contribution is -2.46. The second kappa shape index (κ2) is 18.9. The van der Waals surface area contributed by atoms with Gasteiger partial charge < -0.3 is 29.3 Å². The number of para-hydroxylation sites is 2. The fraction of sp³-hybridized carbons (Fsp3) is 0.485. The van der Waals surface area contributed by atoms with E-state index in [1.165, 1.54) is 64.8 Å². The second-order valence-corrected chi connectivity index (χ2v) is 10.7. The van der Waals surface area contributed by atoms with Crippen molar-refractivity contribution in [1.82, 2.24) is 15.1 Å². The van der Waals surface area contributed by atoms with Gasteiger partial charge in [0.15, 0.2) is 11.5 Å². The predicted molar refractivity (Wildman–Crippen MR) is 176 cm³/mol. The maximum absolute atomic E-state index is 12.0. The topological polar surface area (TPSA) is 106 Å². The van der Waals surface area contributed by atoms with Crippen LogP contribution in [0.2, 0.25) is 0 Å². The zero-order valence-electron chi connectivity index (χ0n) is 26.5. The van der Waals surface area contributed by atoms with Gasteiger partial charge >= 0.3 is 5.97 Å². The number of benzene rings is 2. The van der Waals surface area contributed by atoms with Gasteiger partial charge in [0.25, 0.3) is 5.69 Å². The first-order valence-corrected chi connectivity index (χ1v) is 15.0. The molecule has 242 valence electrons. The van der Waals surface area contributed by atoms with Crippen LogP contribution in [-0.4, -0.2) is 80.8 Å². The fourth-order valence-electron chi connectivity index (χ4n) is 5.28. The van der Waals surface area contributed by atoms with E-state index in [0.29, 0.717) is 16.8 Å². The van der Waals surface area contributed by atoms with Gasteiger partial charge in [-0.2, -0.15) is 0 Å². The van der Waals surface area contributed by atoms with Crippen LogP contribution in [0.5, 0.6) is 11.5 Å². The molecule has 4 rings (SSSR count). The smallest absolute Gasteiger partial charge is 0.336 e. The number of carbonyl (C=O) groups is 1. The molecule has 1 atom stereocenters. The van der Waals surface area contributed by atoms with Crippen LogP contribution in [0.3, 0.4) is 0 Å². The zero-order valence-corrected chi connectivity index (χ0v) is 27.4. The van der Waals surface area contributed by atoms with Gasteiger partial charge in [0.1, 0.15) is 0 Å². The third-order valence-corrected chi connectivity index (χ3v) is 7.60. The first-order chi connectivity index (χ1) is 20.8. The molecule has 11 heteroatoms. The summed E-state index contributed by atoms with van der Waals surface area (Å²) in [6.45, 7) is 13.9. The summed E-state index contributed by atoms with van der Waals surface area (Å²) >= 11 is 0. The van der Waals surface area contributed by atoms with Crippen molar-refractivity contribution in [3.05, 3.63) is 87.3 Å². The van der Waals surface area contributed by atoms with Gasteiger partial charge in [-0.25, -0.2) is 4.79 Å². The molecule has 2 aliphatic rings. The average molecular weight is 631 g/mol. The summed E-state index contributed by atoms with van der Waals surface area (Å²) in [5.41, 5.74) is 2.72. The van der Waals surface area contributed by atoms with E-state index in [0.717, 1.165) is 36.8 Å². The summed E-state index contributed by atoms with van der Waals surface area (Å²) < 4.78 is 16.0. The number of allylic oxidation sites excluding steroid dienone is 3. The molecule has 0 saturated carbocycles. The maximum Gasteiger partial charge on any atom is 0.336 e. The van der Waals surface area contributed by atoms with Crippen molar-refractivity contribution in [3.63, 3.8) is 0 Å². The number of halogens is 1. The van der Waals surface area contributed by atoms with Crippen molar-refractivity contribution in [2.45, 2.75) is 46.0 Å². The Hall–Kier alpha value is -3.60. The number of dihydropyridines is 1. The van der Waals surface area contributed by atoms with Crippen LogP contribution in [-0.2, 0) is 9.53 Å². The first-order valence-electron chi connectivity index (χ1n) is 15.0. The third kappa shape index (κ3) is 10.8. The van der Waals surface area contributed by atoms with Crippen molar-refractivity contribution in [2.75, 3.05) is 60.1 Å². The van der Waals surface area contributed by atoms with Crippen molar-refractivity contribution < 1.29 is 23.9 Å². The van der Waals surface area contributed by atoms with Gasteiger partial charge in [-0.05, 0) is 50.9 Å². The Balaban J connectivity index is 0.000000300. The number of nitro benzene ring substituents is 1. The lowest BCUT2D eigenvalue weighted by Gasteiger charge is -2.34. The number of nitro groups is 1. The molecule has 0 spiro atoms. The van der Waals surface area contributed by atoms with Crippen molar-refractivity contribution >= 4 is 24.1 Å². The van der Waals surface area contributed by atoms with E-state index in [9.17, 15) is 14.9 Å². The van der Waals surface area contributed by atoms with E-state index in [2.05, 4.69) is 22.0 Å². The number of nitrogens with zero attached hydrogens (tertiary/aromatic N) is 3. The van der Waals surface area contributed by atoms with Gasteiger partial charge in [-0.15, -0.1) is 12.4 Å². The Morgan fingerprint density at radius 2 is 1.61 bits per heavy atom. The number of non-ortho nitro benzene ring substituents is 1. The number of rotatable bonds is 12. The standard InChI is InChI=1S/C18H30N2O2.C15H16N2O4.ClH/c1-3-4-10-19-12-14-20(15-13-19)11-7-16-22-18-9-6-5-8-17(18)21-2;1-9-7-13(14(10(2)16-9)15(18)21-3)11-5-4-6-12(8-11)17(19)20;/h5-6,8-9H,3-4,7,10-16H2,1-2H3;4-8,13,16H,1-3H3;1H. The third-order valence-electron chi connectivity index (χ3n) is 7.60. The van der Waals surface area contributed by atoms with Crippen LogP contribution in [0.1, 0.15) is 51.5 Å². The Morgan fingerprint density at radius 1 is 0.977 bits per heavy atom. The molecule has 2 heterocycles. The van der Waals surface area contributed by atoms with Gasteiger partial charge in [-0.1, -0.05) is 43.7 Å². The largest absolute Gasteiger partial charge is 0.493 e. The van der Waals surface area contributed by atoms with Gasteiger partial charge in [-0.3, -0.25) is 10.1 Å². The van der Waals surface area contributed by atoms with E-state index in [4.69, 9.17) is 14.2 Å². The molecule has 0 aliphatic carbocycles. The molecule has 0 amide bonds. The molecule has 0 radical (unpaired) electrons. The molecule has 2 aromatic rings. The first kappa shape index (κ1) is 36.6. The number of esters is 1. The zero-order chi connectivity index (χ0) is 31.2. The fourth-order valence-corrected chi connectivity index (χ4v) is 5.28. The van der Waals surface area contributed by atoms with E-state index >= 15 is 0 Å². The average Bonchev–Trinajstić information content (AvgIpc) is 3.02. The number of methoxy groups -OCH3 is 2. The molecule has 44 heavy (non-hydrogen) atoms. The molecule has 1 saturated heterocycles. The number of piperazine rings is 1. The van der Waals surface area contributed by atoms with Crippen LogP contribution in [0, 0.1) is 10.1 Å². The van der Waals surface area contributed by atoms with Crippen LogP contribution >= 0.6 is 12.4 Å². The molecule has 10 nitrogen and oxygen atoms in total. The summed E-state index contributed by atoms with van der Waals surface area (Å²) in [6, 6.07) is 14.1. The Bertz CT molecular complexity index is 1280. The van der Waals surface area contributed by atoms with E-state index in [-0.39, 0.29) is 24.0 Å². The molecular weight excluding hydrogens is 584 g/mol. The minimum Gasteiger partial charge on any atom is -0.493 e. The summed E-state index contributed by atoms with van der Waals surface area (Å²) in [4.78, 5) is 27.6. The molecule has 1 fully saturated rings. The lowest BCUT2D eigenvalue weighted by molar-refractivity contribution is -0.384. The summed E-state index contributed by atoms with van der Waals surface area (Å²) in [7, 11) is 3.00. The monoisotopic (exact) mass is 630 g/mol. The lowest BCUT2D eigenvalue weighted by atomic mass is 9.86. The molecular formula is C33H47ClN4O6. The Labute approximate surface area is 267 Å². The van der Waals surface area contributed by atoms with E-state index in [1.54, 1.807) is 26.2 Å². The normalized spacial score (nSPS) is 16.8. The number of hydrogen-bond acceptors (Lipinski definition) is 9. The maximum atomic E-state index is 12.0. The van der Waals surface area contributed by atoms with Crippen molar-refractivity contribution in [1.29, 1.82) is 0 Å². The van der Waals surface area contributed by atoms with Crippen LogP contribution in [0.25, 0.3) is 0 Å². The number of ether oxygens (including phenoxy) is 3. The molecule has 2 aliphatic heterocycles. The second-order valence-electron chi connectivity index (χ2n) is 10.7. The summed E-state index contributed by atoms with van der Waals surface area (Å²) in [6.07, 6.45) is 5.54. The Kier molecular flexibility index (Phi) is 15.7. The number of nitrogens with one attached hydrogen (secondary N) is 1. The number of hydrogen-bond donors (Lipinski definition) is 1. The Morgan fingerprint density at radius 3 is 2.20 bits per heavy atom. The minimum absolute atomic E-state index is 0. The van der Waals surface area contributed by atoms with Crippen LogP contribution in [0.4, 0.5) is 5.69 Å². The highest BCUT2D eigenvalue weighted by Gasteiger charge is 2.28. The quantitative estimate of drug-likeness (QED) is 0.132. The highest BCUT2D eigenvalue weighted by atomic mass is 35.5. The van der Waals surface area contributed by atoms with Gasteiger partial charge in [0, 0.05) is 62.2 Å². The van der Waals surface area contributed by atoms with Crippen LogP contribution < -0.4 is 14.8 Å². The molecule has 1 N–H and O–H groups in total.